The van der Waals surface area contributed by atoms with E-state index in [0.29, 0.717) is 28.9 Å². The predicted octanol–water partition coefficient (Wildman–Crippen LogP) is 4.01. The van der Waals surface area contributed by atoms with Crippen LogP contribution >= 0.6 is 11.6 Å². The van der Waals surface area contributed by atoms with Crippen molar-refractivity contribution in [3.63, 3.8) is 0 Å². The van der Waals surface area contributed by atoms with Gasteiger partial charge in [0, 0.05) is 28.5 Å². The summed E-state index contributed by atoms with van der Waals surface area (Å²) < 4.78 is 7.55. The third-order valence-electron chi connectivity index (χ3n) is 3.98. The number of carbonyl (C=O) groups excluding carboxylic acids is 1. The van der Waals surface area contributed by atoms with Gasteiger partial charge in [-0.3, -0.25) is 4.79 Å². The third-order valence-corrected chi connectivity index (χ3v) is 4.22. The van der Waals surface area contributed by atoms with Crippen LogP contribution in [0.5, 0.6) is 0 Å². The quantitative estimate of drug-likeness (QED) is 0.747. The fourth-order valence-corrected chi connectivity index (χ4v) is 2.87. The zero-order chi connectivity index (χ0) is 18.0. The average molecular weight is 359 g/mol. The first-order valence-electron chi connectivity index (χ1n) is 8.02. The molecule has 0 aliphatic rings. The molecule has 6 nitrogen and oxygen atoms in total. The van der Waals surface area contributed by atoms with Gasteiger partial charge in [0.05, 0.1) is 5.56 Å². The van der Waals surface area contributed by atoms with Crippen molar-refractivity contribution in [2.45, 2.75) is 33.7 Å². The van der Waals surface area contributed by atoms with Crippen LogP contribution in [0.2, 0.25) is 5.02 Å². The predicted molar refractivity (Wildman–Crippen MR) is 96.7 cm³/mol. The molecule has 25 heavy (non-hydrogen) atoms. The number of hydrogen-bond acceptors (Lipinski definition) is 4. The minimum atomic E-state index is -0.129. The summed E-state index contributed by atoms with van der Waals surface area (Å²) in [6.45, 7) is 6.03. The maximum absolute atomic E-state index is 12.4. The van der Waals surface area contributed by atoms with Crippen molar-refractivity contribution in [1.82, 2.24) is 14.8 Å². The number of aromatic nitrogens is 3. The van der Waals surface area contributed by atoms with E-state index in [0.717, 1.165) is 17.0 Å². The summed E-state index contributed by atoms with van der Waals surface area (Å²) in [7, 11) is 0. The largest absolute Gasteiger partial charge is 0.421 e. The highest BCUT2D eigenvalue weighted by molar-refractivity contribution is 6.30. The highest BCUT2D eigenvalue weighted by Crippen LogP contribution is 2.26. The van der Waals surface area contributed by atoms with Gasteiger partial charge in [-0.25, -0.2) is 0 Å². The minimum absolute atomic E-state index is 0.129. The van der Waals surface area contributed by atoms with Crippen LogP contribution in [0, 0.1) is 13.8 Å². The molecular formula is C18H19ClN4O2. The average Bonchev–Trinajstić information content (AvgIpc) is 3.15. The number of halogens is 1. The Morgan fingerprint density at radius 1 is 1.28 bits per heavy atom. The summed E-state index contributed by atoms with van der Waals surface area (Å²) in [4.78, 5) is 12.4. The van der Waals surface area contributed by atoms with Crippen molar-refractivity contribution in [3.8, 4) is 11.5 Å². The molecule has 1 N–H and O–H groups in total. The molecule has 0 saturated carbocycles. The van der Waals surface area contributed by atoms with Crippen LogP contribution in [-0.2, 0) is 17.8 Å². The molecule has 0 bridgehead atoms. The molecule has 0 fully saturated rings. The van der Waals surface area contributed by atoms with Crippen LogP contribution in [0.4, 0.5) is 5.69 Å². The number of nitrogens with one attached hydrogen (secondary N) is 1. The lowest BCUT2D eigenvalue weighted by atomic mass is 10.2. The van der Waals surface area contributed by atoms with Gasteiger partial charge in [-0.1, -0.05) is 24.6 Å². The molecule has 3 aromatic rings. The van der Waals surface area contributed by atoms with Gasteiger partial charge >= 0.3 is 0 Å². The third kappa shape index (κ3) is 3.74. The van der Waals surface area contributed by atoms with Gasteiger partial charge in [-0.2, -0.15) is 0 Å². The van der Waals surface area contributed by atoms with E-state index in [1.54, 1.807) is 24.3 Å². The van der Waals surface area contributed by atoms with Gasteiger partial charge in [0.15, 0.2) is 0 Å². The lowest BCUT2D eigenvalue weighted by Crippen LogP contribution is -2.20. The molecule has 0 radical (unpaired) electrons. The molecule has 0 spiro atoms. The van der Waals surface area contributed by atoms with Crippen molar-refractivity contribution >= 4 is 23.2 Å². The Kier molecular flexibility index (Phi) is 4.90. The second kappa shape index (κ2) is 7.11. The molecule has 1 amide bonds. The van der Waals surface area contributed by atoms with Gasteiger partial charge in [0.1, 0.15) is 6.54 Å². The van der Waals surface area contributed by atoms with Crippen LogP contribution in [0.1, 0.15) is 24.2 Å². The first-order valence-corrected chi connectivity index (χ1v) is 8.40. The van der Waals surface area contributed by atoms with Crippen molar-refractivity contribution < 1.29 is 9.21 Å². The number of benzene rings is 1. The Morgan fingerprint density at radius 3 is 2.76 bits per heavy atom. The maximum Gasteiger partial charge on any atom is 0.249 e. The molecule has 2 heterocycles. The summed E-state index contributed by atoms with van der Waals surface area (Å²) in [6.07, 6.45) is 0.688. The normalized spacial score (nSPS) is 10.9. The molecule has 3 rings (SSSR count). The van der Waals surface area contributed by atoms with Crippen molar-refractivity contribution in [2.75, 3.05) is 5.32 Å². The summed E-state index contributed by atoms with van der Waals surface area (Å²) in [5, 5.41) is 11.5. The number of rotatable bonds is 5. The zero-order valence-corrected chi connectivity index (χ0v) is 15.1. The van der Waals surface area contributed by atoms with Crippen molar-refractivity contribution in [3.05, 3.63) is 52.6 Å². The molecule has 0 atom stereocenters. The number of carbonyl (C=O) groups is 1. The number of amides is 1. The van der Waals surface area contributed by atoms with Crippen molar-refractivity contribution in [2.24, 2.45) is 0 Å². The fraction of sp³-hybridized carbons (Fsp3) is 0.278. The highest BCUT2D eigenvalue weighted by atomic mass is 35.5. The van der Waals surface area contributed by atoms with E-state index < -0.39 is 0 Å². The molecular weight excluding hydrogens is 340 g/mol. The van der Waals surface area contributed by atoms with E-state index in [2.05, 4.69) is 15.5 Å². The molecule has 0 aliphatic heterocycles. The van der Waals surface area contributed by atoms with Crippen molar-refractivity contribution in [1.29, 1.82) is 0 Å². The molecule has 1 aromatic carbocycles. The first-order chi connectivity index (χ1) is 12.0. The summed E-state index contributed by atoms with van der Waals surface area (Å²) in [5.41, 5.74) is 3.37. The Labute approximate surface area is 150 Å². The number of nitrogens with zero attached hydrogens (tertiary/aromatic N) is 3. The zero-order valence-electron chi connectivity index (χ0n) is 14.3. The smallest absolute Gasteiger partial charge is 0.249 e. The lowest BCUT2D eigenvalue weighted by Gasteiger charge is -2.10. The van der Waals surface area contributed by atoms with Crippen LogP contribution in [-0.4, -0.2) is 20.7 Å². The number of aryl methyl sites for hydroxylation is 2. The Morgan fingerprint density at radius 2 is 2.08 bits per heavy atom. The molecule has 0 aliphatic carbocycles. The Bertz CT molecular complexity index is 914. The van der Waals surface area contributed by atoms with Crippen LogP contribution in [0.15, 0.2) is 34.7 Å². The molecule has 130 valence electrons. The molecule has 0 saturated heterocycles. The second-order valence-corrected chi connectivity index (χ2v) is 6.22. The summed E-state index contributed by atoms with van der Waals surface area (Å²) >= 11 is 5.94. The van der Waals surface area contributed by atoms with E-state index in [1.165, 1.54) is 0 Å². The van der Waals surface area contributed by atoms with E-state index in [9.17, 15) is 4.79 Å². The topological polar surface area (TPSA) is 73.0 Å². The van der Waals surface area contributed by atoms with E-state index in [4.69, 9.17) is 16.0 Å². The Hall–Kier alpha value is -2.60. The van der Waals surface area contributed by atoms with Crippen LogP contribution in [0.25, 0.3) is 11.5 Å². The SMILES string of the molecule is CCc1nnc(-c2cc(C)n(CC(=O)Nc3cccc(Cl)c3)c2C)o1. The van der Waals surface area contributed by atoms with Gasteiger partial charge < -0.3 is 14.3 Å². The summed E-state index contributed by atoms with van der Waals surface area (Å²) in [6, 6.07) is 9.02. The minimum Gasteiger partial charge on any atom is -0.421 e. The molecule has 0 unspecified atom stereocenters. The molecule has 7 heteroatoms. The van der Waals surface area contributed by atoms with E-state index >= 15 is 0 Å². The lowest BCUT2D eigenvalue weighted by molar-refractivity contribution is -0.116. The number of anilines is 1. The fourth-order valence-electron chi connectivity index (χ4n) is 2.68. The van der Waals surface area contributed by atoms with E-state index in [-0.39, 0.29) is 12.5 Å². The van der Waals surface area contributed by atoms with Gasteiger partial charge in [-0.15, -0.1) is 10.2 Å². The number of hydrogen-bond donors (Lipinski definition) is 1. The van der Waals surface area contributed by atoms with Crippen LogP contribution < -0.4 is 5.32 Å². The Balaban J connectivity index is 1.79. The van der Waals surface area contributed by atoms with Gasteiger partial charge in [0.2, 0.25) is 17.7 Å². The maximum atomic E-state index is 12.4. The van der Waals surface area contributed by atoms with Gasteiger partial charge in [0.25, 0.3) is 0 Å². The standard InChI is InChI=1S/C18H19ClN4O2/c1-4-17-21-22-18(25-17)15-8-11(2)23(12(15)3)10-16(24)20-14-7-5-6-13(19)9-14/h5-9H,4,10H2,1-3H3,(H,20,24). The first kappa shape index (κ1) is 17.2. The monoisotopic (exact) mass is 358 g/mol. The second-order valence-electron chi connectivity index (χ2n) is 5.78. The highest BCUT2D eigenvalue weighted by Gasteiger charge is 2.17. The van der Waals surface area contributed by atoms with E-state index in [1.807, 2.05) is 31.4 Å². The molecule has 2 aromatic heterocycles. The van der Waals surface area contributed by atoms with Gasteiger partial charge in [-0.05, 0) is 38.1 Å². The summed E-state index contributed by atoms with van der Waals surface area (Å²) in [5.74, 6) is 0.945. The van der Waals surface area contributed by atoms with Crippen LogP contribution in [0.3, 0.4) is 0 Å².